The predicted octanol–water partition coefficient (Wildman–Crippen LogP) is -0.472. The van der Waals surface area contributed by atoms with E-state index in [0.717, 1.165) is 5.56 Å². The number of benzene rings is 1. The van der Waals surface area contributed by atoms with Crippen LogP contribution in [-0.4, -0.2) is 32.8 Å². The summed E-state index contributed by atoms with van der Waals surface area (Å²) >= 11 is 0. The number of nitrogens with two attached hydrogens (primary N) is 1. The van der Waals surface area contributed by atoms with E-state index in [0.29, 0.717) is 5.75 Å². The number of aliphatic hydroxyl groups is 1. The van der Waals surface area contributed by atoms with E-state index < -0.39 is 16.3 Å². The van der Waals surface area contributed by atoms with Crippen molar-refractivity contribution in [3.8, 4) is 5.75 Å². The van der Waals surface area contributed by atoms with Crippen molar-refractivity contribution in [2.24, 2.45) is 5.14 Å². The van der Waals surface area contributed by atoms with Crippen LogP contribution in [0.2, 0.25) is 0 Å². The molecule has 96 valence electrons. The lowest BCUT2D eigenvalue weighted by Crippen LogP contribution is -2.38. The second-order valence-corrected chi connectivity index (χ2v) is 5.00. The van der Waals surface area contributed by atoms with Crippen molar-refractivity contribution in [3.63, 3.8) is 0 Å². The topological polar surface area (TPSA) is 102 Å². The number of hydrogen-bond donors (Lipinski definition) is 3. The van der Waals surface area contributed by atoms with Gasteiger partial charge in [-0.15, -0.1) is 0 Å². The molecule has 0 saturated carbocycles. The summed E-state index contributed by atoms with van der Waals surface area (Å²) in [5, 5.41) is 14.2. The number of aliphatic hydroxyl groups excluding tert-OH is 1. The number of aryl methyl sites for hydroxylation is 1. The van der Waals surface area contributed by atoms with Gasteiger partial charge in [0, 0.05) is 6.54 Å². The van der Waals surface area contributed by atoms with Crippen LogP contribution in [0.1, 0.15) is 5.56 Å². The van der Waals surface area contributed by atoms with Gasteiger partial charge in [-0.3, -0.25) is 0 Å². The Morgan fingerprint density at radius 2 is 2.12 bits per heavy atom. The van der Waals surface area contributed by atoms with Crippen LogP contribution in [0.5, 0.6) is 5.75 Å². The third-order valence-corrected chi connectivity index (χ3v) is 2.61. The smallest absolute Gasteiger partial charge is 0.274 e. The molecule has 1 atom stereocenters. The minimum Gasteiger partial charge on any atom is -0.491 e. The zero-order valence-corrected chi connectivity index (χ0v) is 10.3. The Labute approximate surface area is 101 Å². The van der Waals surface area contributed by atoms with Crippen molar-refractivity contribution in [1.29, 1.82) is 0 Å². The normalized spacial score (nSPS) is 13.4. The minimum absolute atomic E-state index is 0.00657. The summed E-state index contributed by atoms with van der Waals surface area (Å²) in [5.41, 5.74) is 0.944. The zero-order valence-electron chi connectivity index (χ0n) is 9.46. The van der Waals surface area contributed by atoms with Crippen LogP contribution < -0.4 is 14.6 Å². The molecule has 1 aromatic rings. The van der Waals surface area contributed by atoms with E-state index in [-0.39, 0.29) is 13.2 Å². The predicted molar refractivity (Wildman–Crippen MR) is 63.8 cm³/mol. The number of rotatable bonds is 6. The summed E-state index contributed by atoms with van der Waals surface area (Å²) in [6.45, 7) is 1.70. The van der Waals surface area contributed by atoms with Crippen molar-refractivity contribution in [2.75, 3.05) is 13.2 Å². The summed E-state index contributed by atoms with van der Waals surface area (Å²) in [6.07, 6.45) is -0.951. The lowest BCUT2D eigenvalue weighted by Gasteiger charge is -2.13. The fourth-order valence-corrected chi connectivity index (χ4v) is 1.60. The van der Waals surface area contributed by atoms with Crippen molar-refractivity contribution >= 4 is 10.2 Å². The molecule has 1 aromatic carbocycles. The highest BCUT2D eigenvalue weighted by Gasteiger charge is 2.09. The standard InChI is InChI=1S/C10H16N2O4S/c1-8-4-2-3-5-10(8)16-7-9(13)6-12-17(11,14)15/h2-5,9,12-13H,6-7H2,1H3,(H2,11,14,15). The average molecular weight is 260 g/mol. The highest BCUT2D eigenvalue weighted by atomic mass is 32.2. The molecular weight excluding hydrogens is 244 g/mol. The molecule has 7 heteroatoms. The maximum atomic E-state index is 10.6. The van der Waals surface area contributed by atoms with Gasteiger partial charge in [-0.1, -0.05) is 18.2 Å². The highest BCUT2D eigenvalue weighted by molar-refractivity contribution is 7.87. The Bertz CT molecular complexity index is 461. The van der Waals surface area contributed by atoms with Gasteiger partial charge >= 0.3 is 0 Å². The molecule has 0 radical (unpaired) electrons. The molecule has 6 nitrogen and oxygen atoms in total. The molecule has 0 aromatic heterocycles. The third-order valence-electron chi connectivity index (χ3n) is 2.04. The SMILES string of the molecule is Cc1ccccc1OCC(O)CNS(N)(=O)=O. The highest BCUT2D eigenvalue weighted by Crippen LogP contribution is 2.16. The first-order valence-electron chi connectivity index (χ1n) is 5.02. The van der Waals surface area contributed by atoms with E-state index in [1.54, 1.807) is 6.07 Å². The molecule has 1 unspecified atom stereocenters. The number of ether oxygens (including phenoxy) is 1. The summed E-state index contributed by atoms with van der Waals surface area (Å²) in [4.78, 5) is 0. The zero-order chi connectivity index (χ0) is 12.9. The van der Waals surface area contributed by atoms with E-state index in [1.807, 2.05) is 29.8 Å². The van der Waals surface area contributed by atoms with Crippen molar-refractivity contribution < 1.29 is 18.3 Å². The van der Waals surface area contributed by atoms with E-state index >= 15 is 0 Å². The van der Waals surface area contributed by atoms with Crippen LogP contribution in [0.3, 0.4) is 0 Å². The molecular formula is C10H16N2O4S. The first-order valence-corrected chi connectivity index (χ1v) is 6.57. The lowest BCUT2D eigenvalue weighted by molar-refractivity contribution is 0.110. The number of para-hydroxylation sites is 1. The van der Waals surface area contributed by atoms with Crippen molar-refractivity contribution in [1.82, 2.24) is 4.72 Å². The van der Waals surface area contributed by atoms with Crippen LogP contribution in [0, 0.1) is 6.92 Å². The van der Waals surface area contributed by atoms with E-state index in [9.17, 15) is 13.5 Å². The molecule has 0 amide bonds. The summed E-state index contributed by atoms with van der Waals surface area (Å²) < 4.78 is 28.5. The largest absolute Gasteiger partial charge is 0.491 e. The fraction of sp³-hybridized carbons (Fsp3) is 0.400. The molecule has 0 fully saturated rings. The van der Waals surface area contributed by atoms with Crippen LogP contribution in [0.15, 0.2) is 24.3 Å². The monoisotopic (exact) mass is 260 g/mol. The Balaban J connectivity index is 2.39. The van der Waals surface area contributed by atoms with Crippen molar-refractivity contribution in [2.45, 2.75) is 13.0 Å². The minimum atomic E-state index is -3.78. The molecule has 0 aliphatic heterocycles. The van der Waals surface area contributed by atoms with E-state index in [1.165, 1.54) is 0 Å². The van der Waals surface area contributed by atoms with Gasteiger partial charge < -0.3 is 9.84 Å². The van der Waals surface area contributed by atoms with Gasteiger partial charge in [0.25, 0.3) is 10.2 Å². The number of hydrogen-bond acceptors (Lipinski definition) is 4. The van der Waals surface area contributed by atoms with Crippen LogP contribution >= 0.6 is 0 Å². The Hall–Kier alpha value is -1.15. The summed E-state index contributed by atoms with van der Waals surface area (Å²) in [6, 6.07) is 7.35. The van der Waals surface area contributed by atoms with Gasteiger partial charge in [-0.25, -0.2) is 5.14 Å². The molecule has 4 N–H and O–H groups in total. The molecule has 0 heterocycles. The fourth-order valence-electron chi connectivity index (χ4n) is 1.18. The maximum Gasteiger partial charge on any atom is 0.274 e. The molecule has 0 spiro atoms. The summed E-state index contributed by atoms with van der Waals surface area (Å²) in [5.74, 6) is 0.655. The maximum absolute atomic E-state index is 10.6. The average Bonchev–Trinajstić information content (AvgIpc) is 2.24. The summed E-state index contributed by atoms with van der Waals surface area (Å²) in [7, 11) is -3.78. The van der Waals surface area contributed by atoms with Gasteiger partial charge in [-0.2, -0.15) is 13.1 Å². The van der Waals surface area contributed by atoms with E-state index in [2.05, 4.69) is 0 Å². The van der Waals surface area contributed by atoms with Crippen LogP contribution in [0.25, 0.3) is 0 Å². The van der Waals surface area contributed by atoms with Crippen LogP contribution in [0.4, 0.5) is 0 Å². The Kier molecular flexibility index (Phi) is 4.88. The van der Waals surface area contributed by atoms with Gasteiger partial charge in [0.05, 0.1) is 0 Å². The lowest BCUT2D eigenvalue weighted by atomic mass is 10.2. The quantitative estimate of drug-likeness (QED) is 0.643. The Morgan fingerprint density at radius 3 is 2.71 bits per heavy atom. The Morgan fingerprint density at radius 1 is 1.47 bits per heavy atom. The first-order chi connectivity index (χ1) is 7.88. The van der Waals surface area contributed by atoms with Crippen molar-refractivity contribution in [3.05, 3.63) is 29.8 Å². The first kappa shape index (κ1) is 13.9. The molecule has 17 heavy (non-hydrogen) atoms. The number of nitrogens with one attached hydrogen (secondary N) is 1. The third kappa shape index (κ3) is 5.64. The second kappa shape index (κ2) is 5.97. The molecule has 0 saturated heterocycles. The van der Waals surface area contributed by atoms with Gasteiger partial charge in [0.2, 0.25) is 0 Å². The second-order valence-electron chi connectivity index (χ2n) is 3.62. The molecule has 0 bridgehead atoms. The van der Waals surface area contributed by atoms with Crippen LogP contribution in [-0.2, 0) is 10.2 Å². The van der Waals surface area contributed by atoms with Gasteiger partial charge in [-0.05, 0) is 18.6 Å². The van der Waals surface area contributed by atoms with Gasteiger partial charge in [0.15, 0.2) is 0 Å². The molecule has 1 rings (SSSR count). The van der Waals surface area contributed by atoms with Gasteiger partial charge in [0.1, 0.15) is 18.5 Å². The molecule has 0 aliphatic carbocycles. The van der Waals surface area contributed by atoms with E-state index in [4.69, 9.17) is 9.88 Å². The molecule has 0 aliphatic rings.